The number of imidazole rings is 1. The first-order valence-corrected chi connectivity index (χ1v) is 7.10. The summed E-state index contributed by atoms with van der Waals surface area (Å²) in [6.07, 6.45) is 6.06. The minimum Gasteiger partial charge on any atom is -0.338 e. The molecule has 1 aromatic heterocycles. The number of hydrogen-bond acceptors (Lipinski definition) is 3. The van der Waals surface area contributed by atoms with Gasteiger partial charge in [-0.2, -0.15) is 0 Å². The van der Waals surface area contributed by atoms with E-state index >= 15 is 0 Å². The van der Waals surface area contributed by atoms with Crippen LogP contribution in [0.4, 0.5) is 5.95 Å². The number of aromatic nitrogens is 2. The zero-order chi connectivity index (χ0) is 13.1. The van der Waals surface area contributed by atoms with Crippen LogP contribution in [0.1, 0.15) is 44.8 Å². The summed E-state index contributed by atoms with van der Waals surface area (Å²) in [6.45, 7) is 8.71. The molecule has 0 bridgehead atoms. The Kier molecular flexibility index (Phi) is 4.27. The van der Waals surface area contributed by atoms with Crippen LogP contribution in [0.25, 0.3) is 0 Å². The molecule has 1 aromatic rings. The van der Waals surface area contributed by atoms with Gasteiger partial charge in [0, 0.05) is 31.4 Å². The molecule has 4 nitrogen and oxygen atoms in total. The van der Waals surface area contributed by atoms with E-state index in [1.807, 2.05) is 7.05 Å². The van der Waals surface area contributed by atoms with Gasteiger partial charge in [0.2, 0.25) is 5.95 Å². The maximum absolute atomic E-state index is 4.75. The number of piperidine rings is 1. The SMILES string of the molecule is CNCC1CCCCN1c1nc(C)cn1C(C)C. The highest BCUT2D eigenvalue weighted by molar-refractivity contribution is 5.36. The Labute approximate surface area is 110 Å². The van der Waals surface area contributed by atoms with Crippen molar-refractivity contribution in [2.24, 2.45) is 0 Å². The van der Waals surface area contributed by atoms with Crippen LogP contribution in [0, 0.1) is 6.92 Å². The van der Waals surface area contributed by atoms with E-state index in [4.69, 9.17) is 4.98 Å². The van der Waals surface area contributed by atoms with Crippen LogP contribution in [0.2, 0.25) is 0 Å². The van der Waals surface area contributed by atoms with Crippen LogP contribution >= 0.6 is 0 Å². The fourth-order valence-corrected chi connectivity index (χ4v) is 2.81. The van der Waals surface area contributed by atoms with Crippen molar-refractivity contribution in [3.05, 3.63) is 11.9 Å². The van der Waals surface area contributed by atoms with Gasteiger partial charge in [-0.3, -0.25) is 0 Å². The Balaban J connectivity index is 2.27. The summed E-state index contributed by atoms with van der Waals surface area (Å²) in [5, 5.41) is 3.31. The predicted molar refractivity (Wildman–Crippen MR) is 76.3 cm³/mol. The van der Waals surface area contributed by atoms with E-state index in [0.717, 1.165) is 24.7 Å². The lowest BCUT2D eigenvalue weighted by molar-refractivity contribution is 0.430. The smallest absolute Gasteiger partial charge is 0.206 e. The predicted octanol–water partition coefficient (Wildman–Crippen LogP) is 2.35. The molecular formula is C14H26N4. The topological polar surface area (TPSA) is 33.1 Å². The molecule has 1 aliphatic heterocycles. The van der Waals surface area contributed by atoms with Crippen molar-refractivity contribution in [1.82, 2.24) is 14.9 Å². The van der Waals surface area contributed by atoms with Gasteiger partial charge in [-0.05, 0) is 47.1 Å². The number of aryl methyl sites for hydroxylation is 1. The van der Waals surface area contributed by atoms with Crippen molar-refractivity contribution < 1.29 is 0 Å². The molecule has 4 heteroatoms. The maximum Gasteiger partial charge on any atom is 0.206 e. The van der Waals surface area contributed by atoms with E-state index in [-0.39, 0.29) is 0 Å². The summed E-state index contributed by atoms with van der Waals surface area (Å²) in [6, 6.07) is 1.06. The molecule has 102 valence electrons. The molecule has 0 aliphatic carbocycles. The Bertz CT molecular complexity index is 381. The molecule has 1 N–H and O–H groups in total. The second-order valence-corrected chi connectivity index (χ2v) is 5.58. The standard InChI is InChI=1S/C14H26N4/c1-11(2)18-10-12(3)16-14(18)17-8-6-5-7-13(17)9-15-4/h10-11,13,15H,5-9H2,1-4H3. The number of anilines is 1. The lowest BCUT2D eigenvalue weighted by Crippen LogP contribution is -2.46. The first-order chi connectivity index (χ1) is 8.63. The maximum atomic E-state index is 4.75. The van der Waals surface area contributed by atoms with Crippen molar-refractivity contribution >= 4 is 5.95 Å². The number of likely N-dealkylation sites (N-methyl/N-ethyl adjacent to an activating group) is 1. The fraction of sp³-hybridized carbons (Fsp3) is 0.786. The second kappa shape index (κ2) is 5.74. The molecule has 0 radical (unpaired) electrons. The van der Waals surface area contributed by atoms with Crippen LogP contribution in [0.15, 0.2) is 6.20 Å². The van der Waals surface area contributed by atoms with Crippen LogP contribution in [0.3, 0.4) is 0 Å². The van der Waals surface area contributed by atoms with Crippen molar-refractivity contribution in [1.29, 1.82) is 0 Å². The summed E-state index contributed by atoms with van der Waals surface area (Å²) in [5.41, 5.74) is 1.12. The van der Waals surface area contributed by atoms with E-state index in [1.54, 1.807) is 0 Å². The summed E-state index contributed by atoms with van der Waals surface area (Å²) in [4.78, 5) is 7.24. The third kappa shape index (κ3) is 2.69. The third-order valence-corrected chi connectivity index (χ3v) is 3.71. The summed E-state index contributed by atoms with van der Waals surface area (Å²) < 4.78 is 2.31. The third-order valence-electron chi connectivity index (χ3n) is 3.71. The second-order valence-electron chi connectivity index (χ2n) is 5.58. The quantitative estimate of drug-likeness (QED) is 0.890. The van der Waals surface area contributed by atoms with Crippen LogP contribution in [0.5, 0.6) is 0 Å². The summed E-state index contributed by atoms with van der Waals surface area (Å²) in [5.74, 6) is 1.16. The highest BCUT2D eigenvalue weighted by atomic mass is 15.3. The average molecular weight is 250 g/mol. The van der Waals surface area contributed by atoms with Crippen LogP contribution < -0.4 is 10.2 Å². The monoisotopic (exact) mass is 250 g/mol. The first-order valence-electron chi connectivity index (χ1n) is 7.10. The number of rotatable bonds is 4. The number of hydrogen-bond donors (Lipinski definition) is 1. The van der Waals surface area contributed by atoms with Gasteiger partial charge in [0.05, 0.1) is 5.69 Å². The summed E-state index contributed by atoms with van der Waals surface area (Å²) in [7, 11) is 2.03. The van der Waals surface area contributed by atoms with Gasteiger partial charge in [-0.25, -0.2) is 4.98 Å². The molecule has 1 aliphatic rings. The normalized spacial score (nSPS) is 20.7. The largest absolute Gasteiger partial charge is 0.338 e. The van der Waals surface area contributed by atoms with E-state index in [0.29, 0.717) is 12.1 Å². The van der Waals surface area contributed by atoms with Gasteiger partial charge >= 0.3 is 0 Å². The van der Waals surface area contributed by atoms with Crippen LogP contribution in [-0.4, -0.2) is 35.7 Å². The molecule has 1 unspecified atom stereocenters. The Hall–Kier alpha value is -1.03. The Morgan fingerprint density at radius 1 is 1.44 bits per heavy atom. The van der Waals surface area contributed by atoms with E-state index in [9.17, 15) is 0 Å². The molecule has 2 rings (SSSR count). The van der Waals surface area contributed by atoms with Crippen LogP contribution in [-0.2, 0) is 0 Å². The van der Waals surface area contributed by atoms with E-state index in [2.05, 4.69) is 41.8 Å². The molecular weight excluding hydrogens is 224 g/mol. The molecule has 0 spiro atoms. The molecule has 1 saturated heterocycles. The molecule has 18 heavy (non-hydrogen) atoms. The first kappa shape index (κ1) is 13.4. The molecule has 0 aromatic carbocycles. The average Bonchev–Trinajstić information content (AvgIpc) is 2.72. The van der Waals surface area contributed by atoms with Gasteiger partial charge in [-0.1, -0.05) is 0 Å². The molecule has 0 saturated carbocycles. The van der Waals surface area contributed by atoms with Crippen molar-refractivity contribution in [2.75, 3.05) is 25.0 Å². The molecule has 1 atom stereocenters. The van der Waals surface area contributed by atoms with Crippen molar-refractivity contribution in [3.8, 4) is 0 Å². The minimum absolute atomic E-state index is 0.471. The van der Waals surface area contributed by atoms with E-state index < -0.39 is 0 Å². The van der Waals surface area contributed by atoms with Gasteiger partial charge < -0.3 is 14.8 Å². The van der Waals surface area contributed by atoms with Gasteiger partial charge in [0.15, 0.2) is 0 Å². The molecule has 0 amide bonds. The number of nitrogens with zero attached hydrogens (tertiary/aromatic N) is 3. The zero-order valence-corrected chi connectivity index (χ0v) is 12.1. The van der Waals surface area contributed by atoms with Crippen molar-refractivity contribution in [3.63, 3.8) is 0 Å². The Morgan fingerprint density at radius 3 is 2.89 bits per heavy atom. The molecule has 2 heterocycles. The lowest BCUT2D eigenvalue weighted by atomic mass is 10.0. The fourth-order valence-electron chi connectivity index (χ4n) is 2.81. The van der Waals surface area contributed by atoms with Gasteiger partial charge in [0.25, 0.3) is 0 Å². The highest BCUT2D eigenvalue weighted by Crippen LogP contribution is 2.26. The van der Waals surface area contributed by atoms with E-state index in [1.165, 1.54) is 19.3 Å². The number of nitrogens with one attached hydrogen (secondary N) is 1. The minimum atomic E-state index is 0.471. The van der Waals surface area contributed by atoms with Crippen molar-refractivity contribution in [2.45, 2.75) is 52.1 Å². The molecule has 1 fully saturated rings. The zero-order valence-electron chi connectivity index (χ0n) is 12.1. The highest BCUT2D eigenvalue weighted by Gasteiger charge is 2.26. The van der Waals surface area contributed by atoms with Gasteiger partial charge in [0.1, 0.15) is 0 Å². The van der Waals surface area contributed by atoms with Gasteiger partial charge in [-0.15, -0.1) is 0 Å². The summed E-state index contributed by atoms with van der Waals surface area (Å²) >= 11 is 0. The Morgan fingerprint density at radius 2 is 2.22 bits per heavy atom. The lowest BCUT2D eigenvalue weighted by Gasteiger charge is -2.37.